The van der Waals surface area contributed by atoms with Gasteiger partial charge in [-0.2, -0.15) is 13.2 Å². The predicted octanol–water partition coefficient (Wildman–Crippen LogP) is 3.74. The van der Waals surface area contributed by atoms with Crippen LogP contribution in [0.3, 0.4) is 0 Å². The summed E-state index contributed by atoms with van der Waals surface area (Å²) in [4.78, 5) is 58.2. The van der Waals surface area contributed by atoms with E-state index in [1.807, 2.05) is 0 Å². The summed E-state index contributed by atoms with van der Waals surface area (Å²) in [6, 6.07) is 3.69. The number of carbonyl (C=O) groups is 2. The summed E-state index contributed by atoms with van der Waals surface area (Å²) in [5.74, 6) is -3.68. The number of rotatable bonds is 11. The Balaban J connectivity index is 2.00. The van der Waals surface area contributed by atoms with Crippen molar-refractivity contribution in [2.75, 3.05) is 26.9 Å². The molecule has 1 aromatic carbocycles. The van der Waals surface area contributed by atoms with E-state index in [4.69, 9.17) is 54.1 Å². The molecule has 0 aliphatic carbocycles. The molecule has 1 atom stereocenters. The number of hydrogen-bond acceptors (Lipinski definition) is 9. The van der Waals surface area contributed by atoms with Gasteiger partial charge in [-0.3, -0.25) is 14.1 Å². The quantitative estimate of drug-likeness (QED) is 0.152. The number of alkyl halides is 3. The fraction of sp³-hybridized carbons (Fsp3) is 0.304. The van der Waals surface area contributed by atoms with Crippen LogP contribution in [-0.4, -0.2) is 70.4 Å². The van der Waals surface area contributed by atoms with Crippen LogP contribution in [0.15, 0.2) is 29.2 Å². The second-order valence-electron chi connectivity index (χ2n) is 8.35. The molecule has 234 valence electrons. The molecular formula is C23H20Cl3F3N3O10P. The molecule has 0 spiro atoms. The number of likely N-dealkylation sites (N-methyl/N-ethyl adjacent to an activating group) is 1. The van der Waals surface area contributed by atoms with Crippen molar-refractivity contribution >= 4 is 65.4 Å². The average molecular weight is 693 g/mol. The Morgan fingerprint density at radius 3 is 2.28 bits per heavy atom. The van der Waals surface area contributed by atoms with Gasteiger partial charge in [-0.1, -0.05) is 34.8 Å². The number of halogens is 6. The maximum Gasteiger partial charge on any atom is 0.490 e. The lowest BCUT2D eigenvalue weighted by atomic mass is 10.2. The van der Waals surface area contributed by atoms with Gasteiger partial charge in [0, 0.05) is 30.9 Å². The molecule has 0 bridgehead atoms. The SMILES string of the molecule is CNC(=O)[C@H](COc1ncc(Cl)c2c1c(=O)cc(C)n2-c1c(Cl)cc(OCCOC(=O)C(F)(F)F)cc1Cl)OP(=O)(O)O. The number of aryl methyl sites for hydroxylation is 1. The second-order valence-corrected chi connectivity index (χ2v) is 10.8. The molecule has 3 N–H and O–H groups in total. The fourth-order valence-electron chi connectivity index (χ4n) is 3.65. The normalized spacial score (nSPS) is 12.6. The number of pyridine rings is 2. The number of nitrogens with zero attached hydrogens (tertiary/aromatic N) is 2. The average Bonchev–Trinajstić information content (AvgIpc) is 2.89. The number of ether oxygens (including phenoxy) is 3. The van der Waals surface area contributed by atoms with E-state index in [9.17, 15) is 32.1 Å². The minimum absolute atomic E-state index is 0.000553. The Labute approximate surface area is 254 Å². The number of phosphoric ester groups is 1. The summed E-state index contributed by atoms with van der Waals surface area (Å²) in [5, 5.41) is 1.75. The minimum atomic E-state index is -5.16. The number of benzene rings is 1. The lowest BCUT2D eigenvalue weighted by Crippen LogP contribution is -2.38. The topological polar surface area (TPSA) is 176 Å². The third kappa shape index (κ3) is 8.50. The van der Waals surface area contributed by atoms with Crippen LogP contribution in [0.5, 0.6) is 11.6 Å². The lowest BCUT2D eigenvalue weighted by Gasteiger charge is -2.21. The summed E-state index contributed by atoms with van der Waals surface area (Å²) in [7, 11) is -3.92. The monoisotopic (exact) mass is 691 g/mol. The molecule has 0 saturated heterocycles. The number of aromatic nitrogens is 2. The van der Waals surface area contributed by atoms with Gasteiger partial charge in [0.05, 0.1) is 32.5 Å². The van der Waals surface area contributed by atoms with Gasteiger partial charge in [0.1, 0.15) is 31.0 Å². The first kappa shape index (κ1) is 34.4. The number of phosphoric acid groups is 1. The van der Waals surface area contributed by atoms with Crippen molar-refractivity contribution in [1.29, 1.82) is 0 Å². The highest BCUT2D eigenvalue weighted by atomic mass is 35.5. The molecule has 1 amide bonds. The molecule has 0 radical (unpaired) electrons. The Kier molecular flexibility index (Phi) is 10.9. The van der Waals surface area contributed by atoms with Gasteiger partial charge in [-0.15, -0.1) is 0 Å². The maximum atomic E-state index is 13.1. The van der Waals surface area contributed by atoms with Crippen molar-refractivity contribution in [2.24, 2.45) is 0 Å². The molecule has 0 fully saturated rings. The first-order valence-corrected chi connectivity index (χ1v) is 14.3. The summed E-state index contributed by atoms with van der Waals surface area (Å²) < 4.78 is 68.8. The van der Waals surface area contributed by atoms with Crippen LogP contribution in [-0.2, 0) is 23.4 Å². The van der Waals surface area contributed by atoms with Crippen molar-refractivity contribution in [3.63, 3.8) is 0 Å². The molecule has 0 saturated carbocycles. The van der Waals surface area contributed by atoms with E-state index in [0.29, 0.717) is 0 Å². The minimum Gasteiger partial charge on any atom is -0.490 e. The molecular weight excluding hydrogens is 673 g/mol. The third-order valence-corrected chi connectivity index (χ3v) is 6.72. The van der Waals surface area contributed by atoms with Gasteiger partial charge in [0.15, 0.2) is 11.5 Å². The van der Waals surface area contributed by atoms with Gasteiger partial charge < -0.3 is 33.9 Å². The van der Waals surface area contributed by atoms with Crippen LogP contribution in [0.2, 0.25) is 15.1 Å². The Bertz CT molecular complexity index is 1640. The Morgan fingerprint density at radius 2 is 1.72 bits per heavy atom. The highest BCUT2D eigenvalue weighted by Crippen LogP contribution is 2.39. The molecule has 0 unspecified atom stereocenters. The molecule has 2 heterocycles. The van der Waals surface area contributed by atoms with Crippen molar-refractivity contribution in [1.82, 2.24) is 14.9 Å². The number of fused-ring (bicyclic) bond motifs is 1. The first-order chi connectivity index (χ1) is 19.9. The highest BCUT2D eigenvalue weighted by Gasteiger charge is 2.40. The zero-order valence-electron chi connectivity index (χ0n) is 21.8. The van der Waals surface area contributed by atoms with Crippen molar-refractivity contribution in [2.45, 2.75) is 19.2 Å². The number of nitrogens with one attached hydrogen (secondary N) is 1. The van der Waals surface area contributed by atoms with Gasteiger partial charge >= 0.3 is 20.0 Å². The summed E-state index contributed by atoms with van der Waals surface area (Å²) >= 11 is 19.4. The molecule has 20 heteroatoms. The molecule has 3 aromatic rings. The highest BCUT2D eigenvalue weighted by molar-refractivity contribution is 7.46. The van der Waals surface area contributed by atoms with Crippen LogP contribution in [0.25, 0.3) is 16.6 Å². The van der Waals surface area contributed by atoms with E-state index in [-0.39, 0.29) is 49.0 Å². The largest absolute Gasteiger partial charge is 0.490 e. The van der Waals surface area contributed by atoms with E-state index in [2.05, 4.69) is 19.6 Å². The zero-order chi connectivity index (χ0) is 32.3. The van der Waals surface area contributed by atoms with Crippen LogP contribution in [0.1, 0.15) is 5.69 Å². The van der Waals surface area contributed by atoms with E-state index in [0.717, 1.165) is 6.20 Å². The van der Waals surface area contributed by atoms with E-state index < -0.39 is 57.2 Å². The molecule has 3 rings (SSSR count). The Morgan fingerprint density at radius 1 is 1.09 bits per heavy atom. The summed E-state index contributed by atoms with van der Waals surface area (Å²) in [5.41, 5.74) is -0.266. The molecule has 13 nitrogen and oxygen atoms in total. The molecule has 43 heavy (non-hydrogen) atoms. The van der Waals surface area contributed by atoms with Gasteiger partial charge in [0.25, 0.3) is 5.91 Å². The van der Waals surface area contributed by atoms with Crippen molar-refractivity contribution in [3.8, 4) is 17.3 Å². The smallest absolute Gasteiger partial charge is 0.490 e. The number of carbonyl (C=O) groups excluding carboxylic acids is 2. The number of hydrogen-bond donors (Lipinski definition) is 3. The fourth-order valence-corrected chi connectivity index (χ4v) is 5.01. The van der Waals surface area contributed by atoms with Crippen molar-refractivity contribution in [3.05, 3.63) is 55.4 Å². The van der Waals surface area contributed by atoms with Crippen LogP contribution in [0.4, 0.5) is 13.2 Å². The molecule has 2 aromatic heterocycles. The first-order valence-electron chi connectivity index (χ1n) is 11.6. The van der Waals surface area contributed by atoms with E-state index in [1.165, 1.54) is 36.7 Å². The zero-order valence-corrected chi connectivity index (χ0v) is 24.9. The van der Waals surface area contributed by atoms with Crippen LogP contribution in [0, 0.1) is 6.92 Å². The predicted molar refractivity (Wildman–Crippen MR) is 146 cm³/mol. The number of amides is 1. The molecule has 0 aliphatic rings. The maximum absolute atomic E-state index is 13.1. The van der Waals surface area contributed by atoms with E-state index >= 15 is 0 Å². The Hall–Kier alpha value is -3.11. The summed E-state index contributed by atoms with van der Waals surface area (Å²) in [6.07, 6.45) is -5.84. The van der Waals surface area contributed by atoms with E-state index in [1.54, 1.807) is 0 Å². The van der Waals surface area contributed by atoms with Gasteiger partial charge in [-0.25, -0.2) is 14.3 Å². The van der Waals surface area contributed by atoms with Gasteiger partial charge in [0.2, 0.25) is 5.88 Å². The lowest BCUT2D eigenvalue weighted by molar-refractivity contribution is -0.200. The second kappa shape index (κ2) is 13.7. The molecule has 0 aliphatic heterocycles. The van der Waals surface area contributed by atoms with Gasteiger partial charge in [-0.05, 0) is 6.92 Å². The van der Waals surface area contributed by atoms with Crippen LogP contribution < -0.4 is 20.2 Å². The third-order valence-electron chi connectivity index (χ3n) is 5.34. The standard InChI is InChI=1S/C23H20Cl3F3N3O10P/c1-10-5-15(33)17-19(14(26)8-31-21(17)41-9-16(20(34)30-2)42-43(36,37)38)32(10)18-12(24)6-11(7-13(18)25)39-3-4-40-22(35)23(27,28)29/h5-8,16H,3-4,9H2,1-2H3,(H,30,34)(H2,36,37,38)/t16-/m0/s1. The van der Waals surface area contributed by atoms with Crippen molar-refractivity contribution < 1.29 is 55.8 Å². The van der Waals surface area contributed by atoms with Crippen LogP contribution >= 0.6 is 42.6 Å². The summed E-state index contributed by atoms with van der Waals surface area (Å²) in [6.45, 7) is -0.424. The number of esters is 1.